The van der Waals surface area contributed by atoms with Crippen molar-refractivity contribution in [1.29, 1.82) is 0 Å². The van der Waals surface area contributed by atoms with Gasteiger partial charge in [0.15, 0.2) is 0 Å². The number of anilines is 1. The van der Waals surface area contributed by atoms with Crippen LogP contribution in [-0.4, -0.2) is 36.7 Å². The molecule has 2 aromatic carbocycles. The number of rotatable bonds is 7. The molecule has 1 atom stereocenters. The van der Waals surface area contributed by atoms with Crippen LogP contribution in [0.25, 0.3) is 0 Å². The number of amides is 1. The number of nitrogens with one attached hydrogen (secondary N) is 2. The first kappa shape index (κ1) is 23.8. The van der Waals surface area contributed by atoms with Crippen LogP contribution >= 0.6 is 0 Å². The van der Waals surface area contributed by atoms with Gasteiger partial charge in [-0.1, -0.05) is 18.2 Å². The van der Waals surface area contributed by atoms with Crippen molar-refractivity contribution in [2.24, 2.45) is 0 Å². The molecule has 0 saturated carbocycles. The van der Waals surface area contributed by atoms with E-state index in [1.165, 1.54) is 37.3 Å². The summed E-state index contributed by atoms with van der Waals surface area (Å²) < 4.78 is 87.2. The molecule has 31 heavy (non-hydrogen) atoms. The van der Waals surface area contributed by atoms with Crippen molar-refractivity contribution in [3.8, 4) is 5.75 Å². The van der Waals surface area contributed by atoms with E-state index in [2.05, 4.69) is 9.47 Å². The van der Waals surface area contributed by atoms with E-state index in [-0.39, 0.29) is 5.56 Å². The maximum absolute atomic E-state index is 14.1. The fourth-order valence-electron chi connectivity index (χ4n) is 2.42. The van der Waals surface area contributed by atoms with Crippen molar-refractivity contribution in [3.63, 3.8) is 0 Å². The molecule has 0 saturated heterocycles. The van der Waals surface area contributed by atoms with Crippen LogP contribution in [0.15, 0.2) is 54.6 Å². The van der Waals surface area contributed by atoms with Gasteiger partial charge in [0.05, 0.1) is 6.61 Å². The highest BCUT2D eigenvalue weighted by atomic mass is 19.4. The van der Waals surface area contributed by atoms with Crippen LogP contribution in [0.1, 0.15) is 17.3 Å². The number of alkyl halides is 6. The Hall–Kier alpha value is -3.44. The molecule has 0 aromatic heterocycles. The predicted molar refractivity (Wildman–Crippen MR) is 96.1 cm³/mol. The summed E-state index contributed by atoms with van der Waals surface area (Å²) in [5.41, 5.74) is -4.33. The molecule has 0 spiro atoms. The third kappa shape index (κ3) is 6.03. The molecule has 2 rings (SSSR count). The van der Waals surface area contributed by atoms with Gasteiger partial charge in [-0.15, -0.1) is 13.2 Å². The lowest BCUT2D eigenvalue weighted by Gasteiger charge is -2.35. The molecule has 6 nitrogen and oxygen atoms in total. The van der Waals surface area contributed by atoms with Crippen LogP contribution in [-0.2, 0) is 9.53 Å². The van der Waals surface area contributed by atoms with Crippen molar-refractivity contribution < 1.29 is 45.4 Å². The average Bonchev–Trinajstić information content (AvgIpc) is 2.67. The van der Waals surface area contributed by atoms with E-state index in [0.717, 1.165) is 24.3 Å². The number of hydrogen-bond donors (Lipinski definition) is 2. The summed E-state index contributed by atoms with van der Waals surface area (Å²) in [7, 11) is 0. The second-order valence-corrected chi connectivity index (χ2v) is 5.99. The van der Waals surface area contributed by atoms with Gasteiger partial charge in [-0.05, 0) is 43.3 Å². The van der Waals surface area contributed by atoms with Crippen LogP contribution < -0.4 is 15.4 Å². The van der Waals surface area contributed by atoms with E-state index in [9.17, 15) is 35.9 Å². The van der Waals surface area contributed by atoms with Gasteiger partial charge in [-0.3, -0.25) is 4.79 Å². The standard InChI is InChI=1S/C19H16F6N2O4/c1-2-30-16(29)17(18(20,21)22,27-15(28)12-6-4-3-5-7-12)26-13-8-10-14(11-9-13)31-19(23,24)25/h3-11,26H,2H2,1H3,(H,27,28). The molecule has 0 fully saturated rings. The Morgan fingerprint density at radius 1 is 0.903 bits per heavy atom. The largest absolute Gasteiger partial charge is 0.573 e. The quantitative estimate of drug-likeness (QED) is 0.375. The van der Waals surface area contributed by atoms with Crippen LogP contribution in [0, 0.1) is 0 Å². The number of halogens is 6. The summed E-state index contributed by atoms with van der Waals surface area (Å²) in [6.07, 6.45) is -10.4. The lowest BCUT2D eigenvalue weighted by Crippen LogP contribution is -2.69. The van der Waals surface area contributed by atoms with Gasteiger partial charge in [0.25, 0.3) is 5.91 Å². The molecule has 168 valence electrons. The van der Waals surface area contributed by atoms with E-state index < -0.39 is 48.1 Å². The molecule has 0 aliphatic heterocycles. The zero-order valence-electron chi connectivity index (χ0n) is 15.8. The van der Waals surface area contributed by atoms with Crippen molar-refractivity contribution in [3.05, 3.63) is 60.2 Å². The molecule has 2 N–H and O–H groups in total. The fraction of sp³-hybridized carbons (Fsp3) is 0.263. The Kier molecular flexibility index (Phi) is 7.03. The van der Waals surface area contributed by atoms with E-state index in [1.54, 1.807) is 5.32 Å². The Bertz CT molecular complexity index is 900. The first-order valence-corrected chi connectivity index (χ1v) is 8.63. The average molecular weight is 450 g/mol. The minimum Gasteiger partial charge on any atom is -0.463 e. The molecule has 0 aliphatic carbocycles. The van der Waals surface area contributed by atoms with Crippen LogP contribution in [0.5, 0.6) is 5.75 Å². The van der Waals surface area contributed by atoms with Gasteiger partial charge >= 0.3 is 24.2 Å². The topological polar surface area (TPSA) is 76.7 Å². The number of carbonyl (C=O) groups excluding carboxylic acids is 2. The van der Waals surface area contributed by atoms with E-state index >= 15 is 0 Å². The van der Waals surface area contributed by atoms with E-state index in [0.29, 0.717) is 0 Å². The van der Waals surface area contributed by atoms with Gasteiger partial charge in [0.1, 0.15) is 5.75 Å². The smallest absolute Gasteiger partial charge is 0.463 e. The second kappa shape index (κ2) is 9.14. The summed E-state index contributed by atoms with van der Waals surface area (Å²) in [5, 5.41) is 3.45. The second-order valence-electron chi connectivity index (χ2n) is 5.99. The molecule has 0 aliphatic rings. The normalized spacial score (nSPS) is 13.6. The zero-order valence-corrected chi connectivity index (χ0v) is 15.8. The molecule has 12 heteroatoms. The molecule has 1 amide bonds. The summed E-state index contributed by atoms with van der Waals surface area (Å²) >= 11 is 0. The maximum atomic E-state index is 14.1. The highest BCUT2D eigenvalue weighted by Gasteiger charge is 2.63. The third-order valence-corrected chi connectivity index (χ3v) is 3.76. The van der Waals surface area contributed by atoms with Crippen molar-refractivity contribution >= 4 is 17.6 Å². The first-order chi connectivity index (χ1) is 14.4. The first-order valence-electron chi connectivity index (χ1n) is 8.63. The van der Waals surface area contributed by atoms with Crippen molar-refractivity contribution in [1.82, 2.24) is 5.32 Å². The maximum Gasteiger partial charge on any atom is 0.573 e. The molecular formula is C19H16F6N2O4. The lowest BCUT2D eigenvalue weighted by atomic mass is 10.1. The Morgan fingerprint density at radius 3 is 1.97 bits per heavy atom. The van der Waals surface area contributed by atoms with E-state index in [4.69, 9.17) is 0 Å². The molecule has 0 radical (unpaired) electrons. The Labute approximate surface area is 172 Å². The molecule has 2 aromatic rings. The van der Waals surface area contributed by atoms with Gasteiger partial charge in [0.2, 0.25) is 0 Å². The Morgan fingerprint density at radius 2 is 1.48 bits per heavy atom. The zero-order chi connectivity index (χ0) is 23.3. The van der Waals surface area contributed by atoms with Crippen LogP contribution in [0.3, 0.4) is 0 Å². The number of ether oxygens (including phenoxy) is 2. The highest BCUT2D eigenvalue weighted by molar-refractivity contribution is 5.99. The lowest BCUT2D eigenvalue weighted by molar-refractivity contribution is -0.274. The molecule has 1 unspecified atom stereocenters. The van der Waals surface area contributed by atoms with Crippen molar-refractivity contribution in [2.45, 2.75) is 25.1 Å². The van der Waals surface area contributed by atoms with E-state index in [1.807, 2.05) is 5.32 Å². The SMILES string of the molecule is CCOC(=O)C(NC(=O)c1ccccc1)(Nc1ccc(OC(F)(F)F)cc1)C(F)(F)F. The summed E-state index contributed by atoms with van der Waals surface area (Å²) in [5.74, 6) is -3.79. The van der Waals surface area contributed by atoms with Gasteiger partial charge in [0, 0.05) is 11.3 Å². The minimum atomic E-state index is -5.40. The predicted octanol–water partition coefficient (Wildman–Crippen LogP) is 4.25. The number of esters is 1. The van der Waals surface area contributed by atoms with Gasteiger partial charge in [-0.2, -0.15) is 13.2 Å². The number of hydrogen-bond acceptors (Lipinski definition) is 5. The van der Waals surface area contributed by atoms with Crippen LogP contribution in [0.2, 0.25) is 0 Å². The summed E-state index contributed by atoms with van der Waals surface area (Å²) in [4.78, 5) is 24.8. The molecule has 0 bridgehead atoms. The molecule has 0 heterocycles. The summed E-state index contributed by atoms with van der Waals surface area (Å²) in [6.45, 7) is 0.833. The Balaban J connectivity index is 2.43. The monoisotopic (exact) mass is 450 g/mol. The fourth-order valence-corrected chi connectivity index (χ4v) is 2.42. The van der Waals surface area contributed by atoms with Crippen molar-refractivity contribution in [2.75, 3.05) is 11.9 Å². The number of carbonyl (C=O) groups is 2. The van der Waals surface area contributed by atoms with Gasteiger partial charge in [-0.25, -0.2) is 4.79 Å². The molecular weight excluding hydrogens is 434 g/mol. The highest BCUT2D eigenvalue weighted by Crippen LogP contribution is 2.34. The number of benzene rings is 2. The van der Waals surface area contributed by atoms with Crippen LogP contribution in [0.4, 0.5) is 32.0 Å². The summed E-state index contributed by atoms with van der Waals surface area (Å²) in [6, 6.07) is 9.90. The minimum absolute atomic E-state index is 0.170. The third-order valence-electron chi connectivity index (χ3n) is 3.76. The van der Waals surface area contributed by atoms with Gasteiger partial charge < -0.3 is 20.1 Å².